The summed E-state index contributed by atoms with van der Waals surface area (Å²) in [6.07, 6.45) is 13.3. The average Bonchev–Trinajstić information content (AvgIpc) is 2.23. The van der Waals surface area contributed by atoms with E-state index in [0.717, 1.165) is 5.92 Å². The van der Waals surface area contributed by atoms with E-state index < -0.39 is 0 Å². The molecule has 0 saturated carbocycles. The average molecular weight is 210 g/mol. The van der Waals surface area contributed by atoms with Gasteiger partial charge in [0.2, 0.25) is 0 Å². The summed E-state index contributed by atoms with van der Waals surface area (Å²) in [4.78, 5) is 0. The van der Waals surface area contributed by atoms with Gasteiger partial charge in [-0.1, -0.05) is 64.5 Å². The molecule has 0 aliphatic heterocycles. The first kappa shape index (κ1) is 14.7. The Morgan fingerprint density at radius 3 is 2.40 bits per heavy atom. The fourth-order valence-corrected chi connectivity index (χ4v) is 1.94. The highest BCUT2D eigenvalue weighted by Gasteiger charge is 1.99. The predicted molar refractivity (Wildman–Crippen MR) is 71.2 cm³/mol. The molecule has 0 aromatic carbocycles. The molecule has 0 aromatic heterocycles. The standard InChI is InChI=1S/C15H30/c1-5-11-15(4)13-10-8-7-9-12-14(3)6-2/h12,15H,5-11,13H2,1-4H3. The van der Waals surface area contributed by atoms with Crippen LogP contribution in [0.5, 0.6) is 0 Å². The lowest BCUT2D eigenvalue weighted by atomic mass is 9.98. The molecular formula is C15H30. The van der Waals surface area contributed by atoms with Crippen molar-refractivity contribution in [2.75, 3.05) is 0 Å². The minimum atomic E-state index is 0.947. The number of hydrogen-bond acceptors (Lipinski definition) is 0. The van der Waals surface area contributed by atoms with Gasteiger partial charge in [0.25, 0.3) is 0 Å². The van der Waals surface area contributed by atoms with Crippen molar-refractivity contribution < 1.29 is 0 Å². The lowest BCUT2D eigenvalue weighted by Gasteiger charge is -2.08. The number of hydrogen-bond donors (Lipinski definition) is 0. The molecule has 0 saturated heterocycles. The van der Waals surface area contributed by atoms with Crippen LogP contribution in [0.15, 0.2) is 11.6 Å². The molecule has 0 aliphatic carbocycles. The topological polar surface area (TPSA) is 0 Å². The highest BCUT2D eigenvalue weighted by Crippen LogP contribution is 2.15. The molecule has 0 rings (SSSR count). The van der Waals surface area contributed by atoms with Crippen LogP contribution in [0.2, 0.25) is 0 Å². The fourth-order valence-electron chi connectivity index (χ4n) is 1.94. The monoisotopic (exact) mass is 210 g/mol. The van der Waals surface area contributed by atoms with E-state index in [9.17, 15) is 0 Å². The van der Waals surface area contributed by atoms with Gasteiger partial charge in [0.05, 0.1) is 0 Å². The Balaban J connectivity index is 3.25. The fraction of sp³-hybridized carbons (Fsp3) is 0.867. The Morgan fingerprint density at radius 1 is 1.07 bits per heavy atom. The second-order valence-corrected chi connectivity index (χ2v) is 4.94. The van der Waals surface area contributed by atoms with Crippen LogP contribution >= 0.6 is 0 Å². The van der Waals surface area contributed by atoms with Crippen LogP contribution in [-0.4, -0.2) is 0 Å². The highest BCUT2D eigenvalue weighted by atomic mass is 14.1. The van der Waals surface area contributed by atoms with E-state index in [1.54, 1.807) is 5.57 Å². The van der Waals surface area contributed by atoms with Crippen molar-refractivity contribution in [2.45, 2.75) is 79.1 Å². The third-order valence-corrected chi connectivity index (χ3v) is 3.23. The van der Waals surface area contributed by atoms with Crippen LogP contribution in [-0.2, 0) is 0 Å². The maximum atomic E-state index is 2.41. The molecule has 0 aliphatic rings. The van der Waals surface area contributed by atoms with E-state index in [-0.39, 0.29) is 0 Å². The van der Waals surface area contributed by atoms with E-state index in [1.807, 2.05) is 0 Å². The SMILES string of the molecule is CCCC(C)CCCCCC=C(C)CC. The van der Waals surface area contributed by atoms with Crippen LogP contribution in [0.3, 0.4) is 0 Å². The molecule has 0 spiro atoms. The van der Waals surface area contributed by atoms with Gasteiger partial charge in [0, 0.05) is 0 Å². The van der Waals surface area contributed by atoms with Gasteiger partial charge >= 0.3 is 0 Å². The Kier molecular flexibility index (Phi) is 10.1. The maximum absolute atomic E-state index is 2.41. The van der Waals surface area contributed by atoms with Crippen LogP contribution in [0.1, 0.15) is 79.1 Å². The Labute approximate surface area is 97.2 Å². The van der Waals surface area contributed by atoms with E-state index in [2.05, 4.69) is 33.8 Å². The van der Waals surface area contributed by atoms with Gasteiger partial charge in [-0.3, -0.25) is 0 Å². The molecule has 90 valence electrons. The Bertz CT molecular complexity index is 155. The maximum Gasteiger partial charge on any atom is -0.0348 e. The summed E-state index contributed by atoms with van der Waals surface area (Å²) in [5.41, 5.74) is 1.55. The smallest absolute Gasteiger partial charge is 0.0348 e. The minimum Gasteiger partial charge on any atom is -0.0856 e. The third kappa shape index (κ3) is 10.0. The van der Waals surface area contributed by atoms with Gasteiger partial charge in [0.1, 0.15) is 0 Å². The number of rotatable bonds is 9. The van der Waals surface area contributed by atoms with Crippen molar-refractivity contribution in [1.29, 1.82) is 0 Å². The largest absolute Gasteiger partial charge is 0.0856 e. The van der Waals surface area contributed by atoms with E-state index in [0.29, 0.717) is 0 Å². The van der Waals surface area contributed by atoms with Crippen molar-refractivity contribution >= 4 is 0 Å². The molecule has 0 aromatic rings. The summed E-state index contributed by atoms with van der Waals surface area (Å²) in [6.45, 7) is 9.15. The zero-order valence-corrected chi connectivity index (χ0v) is 11.3. The summed E-state index contributed by atoms with van der Waals surface area (Å²) in [7, 11) is 0. The second-order valence-electron chi connectivity index (χ2n) is 4.94. The van der Waals surface area contributed by atoms with E-state index >= 15 is 0 Å². The molecule has 0 heterocycles. The van der Waals surface area contributed by atoms with E-state index in [4.69, 9.17) is 0 Å². The molecule has 15 heavy (non-hydrogen) atoms. The molecule has 0 fully saturated rings. The normalized spacial score (nSPS) is 14.3. The van der Waals surface area contributed by atoms with Gasteiger partial charge in [-0.2, -0.15) is 0 Å². The van der Waals surface area contributed by atoms with E-state index in [1.165, 1.54) is 51.4 Å². The van der Waals surface area contributed by atoms with Gasteiger partial charge in [-0.25, -0.2) is 0 Å². The summed E-state index contributed by atoms with van der Waals surface area (Å²) in [5, 5.41) is 0. The van der Waals surface area contributed by atoms with Gasteiger partial charge in [0.15, 0.2) is 0 Å². The van der Waals surface area contributed by atoms with Crippen molar-refractivity contribution in [1.82, 2.24) is 0 Å². The summed E-state index contributed by atoms with van der Waals surface area (Å²) < 4.78 is 0. The number of unbranched alkanes of at least 4 members (excludes halogenated alkanes) is 3. The third-order valence-electron chi connectivity index (χ3n) is 3.23. The first-order chi connectivity index (χ1) is 7.20. The van der Waals surface area contributed by atoms with Crippen LogP contribution in [0.4, 0.5) is 0 Å². The molecule has 0 radical (unpaired) electrons. The zero-order valence-electron chi connectivity index (χ0n) is 11.3. The zero-order chi connectivity index (χ0) is 11.5. The molecule has 0 N–H and O–H groups in total. The van der Waals surface area contributed by atoms with Crippen molar-refractivity contribution in [3.63, 3.8) is 0 Å². The van der Waals surface area contributed by atoms with Gasteiger partial charge in [-0.05, 0) is 32.1 Å². The molecule has 0 heteroatoms. The van der Waals surface area contributed by atoms with Crippen molar-refractivity contribution in [3.8, 4) is 0 Å². The molecule has 0 bridgehead atoms. The van der Waals surface area contributed by atoms with Gasteiger partial charge in [-0.15, -0.1) is 0 Å². The highest BCUT2D eigenvalue weighted by molar-refractivity contribution is 4.96. The Morgan fingerprint density at radius 2 is 1.80 bits per heavy atom. The molecule has 0 nitrogen and oxygen atoms in total. The van der Waals surface area contributed by atoms with Crippen molar-refractivity contribution in [3.05, 3.63) is 11.6 Å². The van der Waals surface area contributed by atoms with Crippen LogP contribution < -0.4 is 0 Å². The summed E-state index contributed by atoms with van der Waals surface area (Å²) in [6, 6.07) is 0. The summed E-state index contributed by atoms with van der Waals surface area (Å²) in [5.74, 6) is 0.947. The first-order valence-corrected chi connectivity index (χ1v) is 6.86. The van der Waals surface area contributed by atoms with Crippen molar-refractivity contribution in [2.24, 2.45) is 5.92 Å². The molecule has 1 atom stereocenters. The Hall–Kier alpha value is -0.260. The molecule has 1 unspecified atom stereocenters. The second kappa shape index (κ2) is 10.3. The lowest BCUT2D eigenvalue weighted by molar-refractivity contribution is 0.457. The molecular weight excluding hydrogens is 180 g/mol. The first-order valence-electron chi connectivity index (χ1n) is 6.86. The predicted octanol–water partition coefficient (Wildman–Crippen LogP) is 5.73. The number of allylic oxidation sites excluding steroid dienone is 2. The minimum absolute atomic E-state index is 0.947. The lowest BCUT2D eigenvalue weighted by Crippen LogP contribution is -1.93. The van der Waals surface area contributed by atoms with Crippen LogP contribution in [0.25, 0.3) is 0 Å². The molecule has 0 amide bonds. The quantitative estimate of drug-likeness (QED) is 0.337. The van der Waals surface area contributed by atoms with Gasteiger partial charge < -0.3 is 0 Å². The van der Waals surface area contributed by atoms with Crippen LogP contribution in [0, 0.1) is 5.92 Å². The summed E-state index contributed by atoms with van der Waals surface area (Å²) >= 11 is 0.